The molecule has 0 aliphatic rings. The predicted molar refractivity (Wildman–Crippen MR) is 119 cm³/mol. The maximum atomic E-state index is 13.1. The second-order valence-corrected chi connectivity index (χ2v) is 8.09. The van der Waals surface area contributed by atoms with Crippen LogP contribution in [0, 0.1) is 0 Å². The van der Waals surface area contributed by atoms with Gasteiger partial charge in [0, 0.05) is 12.6 Å². The molecule has 2 aromatic carbocycles. The molecular formula is C25H28F3N3O2. The van der Waals surface area contributed by atoms with Crippen LogP contribution in [0.5, 0.6) is 0 Å². The van der Waals surface area contributed by atoms with E-state index in [1.54, 1.807) is 6.07 Å². The van der Waals surface area contributed by atoms with Crippen molar-refractivity contribution in [2.45, 2.75) is 58.5 Å². The number of nitrogens with zero attached hydrogens (tertiary/aromatic N) is 2. The summed E-state index contributed by atoms with van der Waals surface area (Å²) in [6.07, 6.45) is -2.29. The Kier molecular flexibility index (Phi) is 7.92. The molecule has 176 valence electrons. The molecule has 1 aromatic heterocycles. The Labute approximate surface area is 191 Å². The minimum Gasteiger partial charge on any atom is -0.447 e. The molecule has 5 nitrogen and oxygen atoms in total. The van der Waals surface area contributed by atoms with Gasteiger partial charge in [0.25, 0.3) is 5.91 Å². The summed E-state index contributed by atoms with van der Waals surface area (Å²) in [4.78, 5) is 18.9. The van der Waals surface area contributed by atoms with Gasteiger partial charge in [-0.3, -0.25) is 9.69 Å². The van der Waals surface area contributed by atoms with Crippen molar-refractivity contribution in [2.75, 3.05) is 0 Å². The largest absolute Gasteiger partial charge is 0.447 e. The summed E-state index contributed by atoms with van der Waals surface area (Å²) >= 11 is 0. The summed E-state index contributed by atoms with van der Waals surface area (Å²) in [6, 6.07) is 14.7. The summed E-state index contributed by atoms with van der Waals surface area (Å²) in [6.45, 7) is 6.45. The highest BCUT2D eigenvalue weighted by Crippen LogP contribution is 2.30. The highest BCUT2D eigenvalue weighted by atomic mass is 19.4. The van der Waals surface area contributed by atoms with Crippen molar-refractivity contribution in [1.29, 1.82) is 0 Å². The van der Waals surface area contributed by atoms with Crippen molar-refractivity contribution < 1.29 is 22.4 Å². The summed E-state index contributed by atoms with van der Waals surface area (Å²) in [5.41, 5.74) is 1.01. The van der Waals surface area contributed by atoms with Crippen molar-refractivity contribution in [3.8, 4) is 0 Å². The number of aromatic nitrogens is 1. The standard InChI is InChI=1S/C25H28F3N3O2/c1-4-17(2)31(14-19-9-8-12-21(13-19)25(26,27)28)15-23-30-22(16-33-23)24(32)29-18(3)20-10-6-5-7-11-20/h5-13,16-18H,4,14-15H2,1-3H3,(H,29,32). The molecule has 0 fully saturated rings. The molecule has 0 saturated heterocycles. The first-order valence-electron chi connectivity index (χ1n) is 10.9. The lowest BCUT2D eigenvalue weighted by Crippen LogP contribution is -2.32. The van der Waals surface area contributed by atoms with Gasteiger partial charge in [-0.15, -0.1) is 0 Å². The van der Waals surface area contributed by atoms with Crippen LogP contribution in [-0.2, 0) is 19.3 Å². The third kappa shape index (κ3) is 6.68. The van der Waals surface area contributed by atoms with E-state index in [9.17, 15) is 18.0 Å². The lowest BCUT2D eigenvalue weighted by atomic mass is 10.1. The molecule has 0 radical (unpaired) electrons. The summed E-state index contributed by atoms with van der Waals surface area (Å²) in [7, 11) is 0. The number of nitrogens with one attached hydrogen (secondary N) is 1. The van der Waals surface area contributed by atoms with E-state index in [0.717, 1.165) is 24.1 Å². The highest BCUT2D eigenvalue weighted by molar-refractivity contribution is 5.92. The zero-order valence-corrected chi connectivity index (χ0v) is 18.9. The van der Waals surface area contributed by atoms with E-state index in [-0.39, 0.29) is 30.2 Å². The third-order valence-corrected chi connectivity index (χ3v) is 5.62. The van der Waals surface area contributed by atoms with Gasteiger partial charge in [-0.05, 0) is 37.5 Å². The topological polar surface area (TPSA) is 58.4 Å². The Morgan fingerprint density at radius 1 is 1.09 bits per heavy atom. The van der Waals surface area contributed by atoms with E-state index in [2.05, 4.69) is 10.3 Å². The number of carbonyl (C=O) groups excluding carboxylic acids is 1. The Morgan fingerprint density at radius 3 is 2.48 bits per heavy atom. The van der Waals surface area contributed by atoms with Crippen molar-refractivity contribution in [2.24, 2.45) is 0 Å². The van der Waals surface area contributed by atoms with Crippen LogP contribution >= 0.6 is 0 Å². The van der Waals surface area contributed by atoms with Gasteiger partial charge >= 0.3 is 6.18 Å². The minimum absolute atomic E-state index is 0.0711. The van der Waals surface area contributed by atoms with E-state index in [1.807, 2.05) is 56.0 Å². The van der Waals surface area contributed by atoms with Crippen molar-refractivity contribution in [3.05, 3.63) is 89.1 Å². The molecule has 1 amide bonds. The van der Waals surface area contributed by atoms with Gasteiger partial charge in [0.05, 0.1) is 18.2 Å². The number of oxazole rings is 1. The van der Waals surface area contributed by atoms with E-state index in [0.29, 0.717) is 18.0 Å². The van der Waals surface area contributed by atoms with E-state index >= 15 is 0 Å². The summed E-state index contributed by atoms with van der Waals surface area (Å²) < 4.78 is 44.8. The number of halogens is 3. The molecule has 1 N–H and O–H groups in total. The Bertz CT molecular complexity index is 1050. The Hall–Kier alpha value is -3.13. The molecule has 0 spiro atoms. The molecule has 2 unspecified atom stereocenters. The first kappa shape index (κ1) is 24.5. The number of benzene rings is 2. The SMILES string of the molecule is CCC(C)N(Cc1cccc(C(F)(F)F)c1)Cc1nc(C(=O)NC(C)c2ccccc2)co1. The Balaban J connectivity index is 1.69. The lowest BCUT2D eigenvalue weighted by molar-refractivity contribution is -0.137. The van der Waals surface area contributed by atoms with Crippen LogP contribution in [0.2, 0.25) is 0 Å². The normalized spacial score (nSPS) is 13.7. The zero-order chi connectivity index (χ0) is 24.0. The number of hydrogen-bond acceptors (Lipinski definition) is 4. The van der Waals surface area contributed by atoms with Crippen LogP contribution in [0.1, 0.15) is 66.3 Å². The van der Waals surface area contributed by atoms with Gasteiger partial charge in [0.2, 0.25) is 5.89 Å². The molecule has 33 heavy (non-hydrogen) atoms. The van der Waals surface area contributed by atoms with Crippen LogP contribution in [0.4, 0.5) is 13.2 Å². The van der Waals surface area contributed by atoms with Crippen LogP contribution < -0.4 is 5.32 Å². The average Bonchev–Trinajstić information content (AvgIpc) is 3.27. The van der Waals surface area contributed by atoms with Gasteiger partial charge in [0.15, 0.2) is 5.69 Å². The van der Waals surface area contributed by atoms with Gasteiger partial charge in [-0.1, -0.05) is 55.5 Å². The average molecular weight is 460 g/mol. The molecule has 0 aliphatic carbocycles. The fourth-order valence-corrected chi connectivity index (χ4v) is 3.46. The minimum atomic E-state index is -4.39. The number of rotatable bonds is 9. The number of amides is 1. The molecule has 1 heterocycles. The monoisotopic (exact) mass is 459 g/mol. The lowest BCUT2D eigenvalue weighted by Gasteiger charge is -2.27. The molecule has 0 saturated carbocycles. The maximum absolute atomic E-state index is 13.1. The predicted octanol–water partition coefficient (Wildman–Crippen LogP) is 5.99. The van der Waals surface area contributed by atoms with E-state index in [4.69, 9.17) is 4.42 Å². The van der Waals surface area contributed by atoms with Crippen LogP contribution in [-0.4, -0.2) is 21.8 Å². The second-order valence-electron chi connectivity index (χ2n) is 8.09. The number of alkyl halides is 3. The van der Waals surface area contributed by atoms with Crippen LogP contribution in [0.3, 0.4) is 0 Å². The highest BCUT2D eigenvalue weighted by Gasteiger charge is 2.30. The van der Waals surface area contributed by atoms with Crippen LogP contribution in [0.15, 0.2) is 65.3 Å². The smallest absolute Gasteiger partial charge is 0.416 e. The quantitative estimate of drug-likeness (QED) is 0.427. The number of carbonyl (C=O) groups is 1. The summed E-state index contributed by atoms with van der Waals surface area (Å²) in [5.74, 6) is -0.0193. The molecule has 2 atom stereocenters. The third-order valence-electron chi connectivity index (χ3n) is 5.62. The first-order chi connectivity index (χ1) is 15.7. The van der Waals surface area contributed by atoms with Crippen LogP contribution in [0.25, 0.3) is 0 Å². The zero-order valence-electron chi connectivity index (χ0n) is 18.9. The fraction of sp³-hybridized carbons (Fsp3) is 0.360. The first-order valence-corrected chi connectivity index (χ1v) is 10.9. The Morgan fingerprint density at radius 2 is 1.82 bits per heavy atom. The van der Waals surface area contributed by atoms with Crippen molar-refractivity contribution in [1.82, 2.24) is 15.2 Å². The summed E-state index contributed by atoms with van der Waals surface area (Å²) in [5, 5.41) is 2.89. The van der Waals surface area contributed by atoms with Gasteiger partial charge in [-0.2, -0.15) is 13.2 Å². The molecular weight excluding hydrogens is 431 g/mol. The molecule has 0 bridgehead atoms. The van der Waals surface area contributed by atoms with Gasteiger partial charge in [0.1, 0.15) is 6.26 Å². The van der Waals surface area contributed by atoms with Gasteiger partial charge in [-0.25, -0.2) is 4.98 Å². The molecule has 0 aliphatic heterocycles. The molecule has 3 aromatic rings. The fourth-order valence-electron chi connectivity index (χ4n) is 3.46. The van der Waals surface area contributed by atoms with Crippen molar-refractivity contribution in [3.63, 3.8) is 0 Å². The van der Waals surface area contributed by atoms with E-state index < -0.39 is 11.7 Å². The second kappa shape index (κ2) is 10.7. The van der Waals surface area contributed by atoms with Gasteiger partial charge < -0.3 is 9.73 Å². The van der Waals surface area contributed by atoms with Crippen molar-refractivity contribution >= 4 is 5.91 Å². The molecule has 8 heteroatoms. The number of hydrogen-bond donors (Lipinski definition) is 1. The molecule has 3 rings (SSSR count). The van der Waals surface area contributed by atoms with E-state index in [1.165, 1.54) is 12.3 Å². The maximum Gasteiger partial charge on any atom is 0.416 e.